The summed E-state index contributed by atoms with van der Waals surface area (Å²) in [5, 5.41) is 14.5. The third-order valence-corrected chi connectivity index (χ3v) is 20.8. The van der Waals surface area contributed by atoms with Crippen LogP contribution < -0.4 is 32.3 Å². The second kappa shape index (κ2) is 44.9. The van der Waals surface area contributed by atoms with Crippen LogP contribution in [-0.2, 0) is 70.8 Å². The van der Waals surface area contributed by atoms with Gasteiger partial charge >= 0.3 is 7.60 Å². The Bertz CT molecular complexity index is 2710. The van der Waals surface area contributed by atoms with Gasteiger partial charge in [-0.25, -0.2) is 0 Å². The van der Waals surface area contributed by atoms with Crippen LogP contribution in [0.3, 0.4) is 0 Å². The molecule has 1 aliphatic heterocycles. The SMILES string of the molecule is CCN.CCOP(=O)(CCNCCC(C)C(O[Si](C)(C)C)C1C(=O)NC(CC)C(=O)N(C)CC(=O)N(C)C(CC(C)C)C(=O)NC(C(C)C)C(=O)N(C)C(CC(C)C)C(=O)NC(C)C(=O)NC(C)C(=O)N(C)C(CC(C)C)C(=O)N(C)C(CC(C)C)C(=O)N(C)C(C(C)C)C(=O)N1C)OCC. The van der Waals surface area contributed by atoms with Gasteiger partial charge in [-0.05, 0) is 140 Å². The number of nitrogens with zero attached hydrogens (tertiary/aromatic N) is 7. The number of carbonyl (C=O) groups is 11. The zero-order valence-corrected chi connectivity index (χ0v) is 69.3. The zero-order chi connectivity index (χ0) is 78.6. The van der Waals surface area contributed by atoms with Crippen molar-refractivity contribution in [1.82, 2.24) is 60.9 Å². The molecule has 0 radical (unpaired) electrons. The quantitative estimate of drug-likeness (QED) is 0.0380. The van der Waals surface area contributed by atoms with Gasteiger partial charge in [-0.1, -0.05) is 104 Å². The fourth-order valence-electron chi connectivity index (χ4n) is 12.2. The van der Waals surface area contributed by atoms with Crippen molar-refractivity contribution in [2.75, 3.05) is 94.9 Å². The summed E-state index contributed by atoms with van der Waals surface area (Å²) < 4.78 is 31.4. The number of hydrogen-bond acceptors (Lipinski definition) is 17. The third-order valence-electron chi connectivity index (χ3n) is 17.8. The van der Waals surface area contributed by atoms with Crippen molar-refractivity contribution >= 4 is 80.9 Å². The Morgan fingerprint density at radius 3 is 1.35 bits per heavy atom. The van der Waals surface area contributed by atoms with Crippen molar-refractivity contribution in [3.8, 4) is 0 Å². The van der Waals surface area contributed by atoms with E-state index in [-0.39, 0.29) is 81.7 Å². The van der Waals surface area contributed by atoms with Crippen molar-refractivity contribution in [2.24, 2.45) is 47.2 Å². The number of likely N-dealkylation sites (N-methyl/N-ethyl adjacent to an activating group) is 7. The minimum absolute atomic E-state index is 0.0250. The molecule has 30 heteroatoms. The summed E-state index contributed by atoms with van der Waals surface area (Å²) in [6, 6.07) is -12.3. The van der Waals surface area contributed by atoms with E-state index in [1.165, 1.54) is 92.6 Å². The smallest absolute Gasteiger partial charge is 0.331 e. The first-order valence-electron chi connectivity index (χ1n) is 36.6. The first-order chi connectivity index (χ1) is 46.6. The molecule has 1 aliphatic rings. The molecule has 1 rings (SSSR count). The molecule has 28 nitrogen and oxygen atoms in total. The van der Waals surface area contributed by atoms with Crippen molar-refractivity contribution in [3.05, 3.63) is 0 Å². The molecule has 12 unspecified atom stereocenters. The van der Waals surface area contributed by atoms with Gasteiger partial charge in [-0.15, -0.1) is 0 Å². The lowest BCUT2D eigenvalue weighted by molar-refractivity contribution is -0.157. The molecule has 0 saturated carbocycles. The average molecular weight is 1470 g/mol. The van der Waals surface area contributed by atoms with Crippen molar-refractivity contribution < 1.29 is 70.8 Å². The van der Waals surface area contributed by atoms with Crippen LogP contribution in [0.4, 0.5) is 0 Å². The van der Waals surface area contributed by atoms with Gasteiger partial charge in [0.05, 0.1) is 32.0 Å². The fourth-order valence-corrected chi connectivity index (χ4v) is 14.9. The molecule has 1 heterocycles. The molecule has 11 amide bonds. The summed E-state index contributed by atoms with van der Waals surface area (Å²) in [6.07, 6.45) is 0.0363. The highest BCUT2D eigenvalue weighted by Crippen LogP contribution is 2.47. The van der Waals surface area contributed by atoms with Crippen LogP contribution in [0.2, 0.25) is 19.6 Å². The number of carbonyl (C=O) groups excluding carboxylic acids is 11. The van der Waals surface area contributed by atoms with Gasteiger partial charge in [0.1, 0.15) is 60.4 Å². The van der Waals surface area contributed by atoms with E-state index in [0.717, 1.165) is 11.4 Å². The van der Waals surface area contributed by atoms with Gasteiger partial charge in [-0.3, -0.25) is 57.3 Å². The molecular weight excluding hydrogens is 1330 g/mol. The Morgan fingerprint density at radius 2 is 0.911 bits per heavy atom. The van der Waals surface area contributed by atoms with Crippen molar-refractivity contribution in [3.63, 3.8) is 0 Å². The highest BCUT2D eigenvalue weighted by atomic mass is 31.2. The average Bonchev–Trinajstić information content (AvgIpc) is 0.805. The van der Waals surface area contributed by atoms with Crippen LogP contribution in [0.25, 0.3) is 0 Å². The lowest BCUT2D eigenvalue weighted by Crippen LogP contribution is -2.64. The second-order valence-electron chi connectivity index (χ2n) is 30.6. The van der Waals surface area contributed by atoms with E-state index in [9.17, 15) is 38.1 Å². The molecule has 0 spiro atoms. The van der Waals surface area contributed by atoms with E-state index in [2.05, 4.69) is 26.6 Å². The second-order valence-corrected chi connectivity index (χ2v) is 37.3. The largest absolute Gasteiger partial charge is 0.412 e. The topological polar surface area (TPSA) is 341 Å². The molecule has 1 fully saturated rings. The normalized spacial score (nSPS) is 24.6. The number of nitrogens with two attached hydrogens (primary N) is 1. The van der Waals surface area contributed by atoms with Crippen molar-refractivity contribution in [2.45, 2.75) is 256 Å². The van der Waals surface area contributed by atoms with Gasteiger partial charge in [0.25, 0.3) is 0 Å². The molecule has 586 valence electrons. The minimum atomic E-state index is -3.39. The predicted octanol–water partition coefficient (Wildman–Crippen LogP) is 5.37. The van der Waals surface area contributed by atoms with Gasteiger partial charge in [0.15, 0.2) is 8.32 Å². The van der Waals surface area contributed by atoms with E-state index < -0.39 is 172 Å². The van der Waals surface area contributed by atoms with Crippen LogP contribution in [0, 0.1) is 41.4 Å². The fraction of sp³-hybridized carbons (Fsp3) is 0.845. The first kappa shape index (κ1) is 95.4. The zero-order valence-electron chi connectivity index (χ0n) is 67.4. The number of amides is 11. The van der Waals surface area contributed by atoms with Gasteiger partial charge in [0.2, 0.25) is 65.0 Å². The molecule has 1 saturated heterocycles. The Hall–Kier alpha value is -5.58. The Morgan fingerprint density at radius 1 is 0.495 bits per heavy atom. The van der Waals surface area contributed by atoms with Crippen LogP contribution in [0.5, 0.6) is 0 Å². The van der Waals surface area contributed by atoms with Gasteiger partial charge in [0, 0.05) is 55.9 Å². The monoisotopic (exact) mass is 1470 g/mol. The molecule has 0 aromatic carbocycles. The summed E-state index contributed by atoms with van der Waals surface area (Å²) >= 11 is 0. The number of rotatable bonds is 25. The molecule has 7 N–H and O–H groups in total. The lowest BCUT2D eigenvalue weighted by atomic mass is 9.91. The van der Waals surface area contributed by atoms with E-state index in [1.807, 2.05) is 88.9 Å². The van der Waals surface area contributed by atoms with Crippen LogP contribution in [0.1, 0.15) is 170 Å². The van der Waals surface area contributed by atoms with Crippen LogP contribution in [0.15, 0.2) is 0 Å². The third kappa shape index (κ3) is 30.6. The van der Waals surface area contributed by atoms with Crippen molar-refractivity contribution in [1.29, 1.82) is 0 Å². The molecular formula is C71H138N13O15PSi. The molecule has 12 atom stereocenters. The van der Waals surface area contributed by atoms with E-state index in [4.69, 9.17) is 19.2 Å². The Balaban J connectivity index is 0.0000327. The number of hydrogen-bond donors (Lipinski definition) is 6. The minimum Gasteiger partial charge on any atom is -0.412 e. The summed E-state index contributed by atoms with van der Waals surface area (Å²) in [4.78, 5) is 172. The molecule has 0 aromatic heterocycles. The molecule has 0 aliphatic carbocycles. The maximum atomic E-state index is 15.8. The maximum Gasteiger partial charge on any atom is 0.331 e. The van der Waals surface area contributed by atoms with Crippen LogP contribution in [-0.4, -0.2) is 269 Å². The standard InChI is InChI=1S/C69H131N12O15PSi.C2H7N/c1-29-50-65(88)75(19)40-55(82)76(20)51(36-41(4)5)62(85)74-56(45(12)13)68(91)77(21)52(37-42(6)7)61(84)71-48(17)60(83)72-49(18)64(87)78(22)53(38-43(8)9)66(89)79(23)54(39-44(10)11)67(90)80(24)57(46(14)15)69(92)81(25)58(63(86)73-50)59(96-98(26,27)28)47(16)32-33-70-34-35-97(93,94-30-2)95-31-3;1-2-3/h41-54,56-59,70H,29-40H2,1-28H3,(H,71,84)(H,72,83)(H,73,86)(H,74,85);2-3H2,1H3. The Kier molecular flexibility index (Phi) is 42.4. The Labute approximate surface area is 608 Å². The van der Waals surface area contributed by atoms with E-state index in [0.29, 0.717) is 13.0 Å². The van der Waals surface area contributed by atoms with E-state index >= 15 is 19.2 Å². The first-order valence-corrected chi connectivity index (χ1v) is 41.7. The predicted molar refractivity (Wildman–Crippen MR) is 399 cm³/mol. The summed E-state index contributed by atoms with van der Waals surface area (Å²) in [5.41, 5.74) is 4.85. The lowest BCUT2D eigenvalue weighted by Gasteiger charge is -2.43. The molecule has 0 aromatic rings. The van der Waals surface area contributed by atoms with E-state index in [1.54, 1.807) is 48.5 Å². The number of nitrogens with one attached hydrogen (secondary N) is 5. The summed E-state index contributed by atoms with van der Waals surface area (Å²) in [7, 11) is 4.06. The van der Waals surface area contributed by atoms with Crippen LogP contribution >= 0.6 is 7.60 Å². The highest BCUT2D eigenvalue weighted by Gasteiger charge is 2.47. The highest BCUT2D eigenvalue weighted by molar-refractivity contribution is 7.53. The van der Waals surface area contributed by atoms with Gasteiger partial charge < -0.3 is 80.1 Å². The maximum absolute atomic E-state index is 15.8. The summed E-state index contributed by atoms with van der Waals surface area (Å²) in [5.74, 6) is -9.50. The molecule has 0 bridgehead atoms. The summed E-state index contributed by atoms with van der Waals surface area (Å²) in [6.45, 7) is 40.8. The van der Waals surface area contributed by atoms with Gasteiger partial charge in [-0.2, -0.15) is 0 Å². The molecule has 101 heavy (non-hydrogen) atoms.